The van der Waals surface area contributed by atoms with E-state index in [1.54, 1.807) is 18.2 Å². The van der Waals surface area contributed by atoms with Crippen LogP contribution in [0.3, 0.4) is 0 Å². The van der Waals surface area contributed by atoms with Gasteiger partial charge in [-0.05, 0) is 60.7 Å². The number of hydrogen-bond donors (Lipinski definition) is 1. The van der Waals surface area contributed by atoms with Crippen LogP contribution in [0.15, 0.2) is 82.4 Å². The molecule has 0 radical (unpaired) electrons. The standard InChI is InChI=1S/C28H22Cl2N4O4S/c1-2-36-23-16-17(15-22(30)24(23)38-13-12-37-18-8-4-3-5-9-18)14-20-25(31)34-28(32-26(20)35)39-27(33-34)19-10-6-7-11-21(19)29/h3-11,14-16,31H,2,12-13H2,1H3/b20-14-,31-25?. The van der Waals surface area contributed by atoms with Gasteiger partial charge in [0.1, 0.15) is 24.0 Å². The largest absolute Gasteiger partial charge is 0.490 e. The SMILES string of the molecule is CCOc1cc(/C=C2/C(=N)N3N=C(c4ccccc4Cl)SC3=NC2=O)cc(Cl)c1OCCOc1ccccc1. The lowest BCUT2D eigenvalue weighted by Crippen LogP contribution is -2.35. The third kappa shape index (κ3) is 5.95. The summed E-state index contributed by atoms with van der Waals surface area (Å²) >= 11 is 14.1. The maximum absolute atomic E-state index is 12.9. The lowest BCUT2D eigenvalue weighted by atomic mass is 10.1. The summed E-state index contributed by atoms with van der Waals surface area (Å²) in [5.74, 6) is 0.858. The van der Waals surface area contributed by atoms with Crippen LogP contribution in [0.5, 0.6) is 17.2 Å². The number of fused-ring (bicyclic) bond motifs is 1. The van der Waals surface area contributed by atoms with Gasteiger partial charge in [-0.3, -0.25) is 10.2 Å². The number of carbonyl (C=O) groups excluding carboxylic acids is 1. The zero-order valence-electron chi connectivity index (χ0n) is 20.7. The zero-order chi connectivity index (χ0) is 27.4. The van der Waals surface area contributed by atoms with Crippen molar-refractivity contribution in [2.45, 2.75) is 6.92 Å². The van der Waals surface area contributed by atoms with Gasteiger partial charge in [0, 0.05) is 5.56 Å². The zero-order valence-corrected chi connectivity index (χ0v) is 23.0. The molecule has 0 aromatic heterocycles. The number of hydrazone groups is 1. The summed E-state index contributed by atoms with van der Waals surface area (Å²) in [5.41, 5.74) is 1.31. The monoisotopic (exact) mass is 580 g/mol. The second kappa shape index (κ2) is 11.9. The Hall–Kier alpha value is -3.79. The molecule has 0 saturated heterocycles. The van der Waals surface area contributed by atoms with Crippen LogP contribution in [-0.2, 0) is 4.79 Å². The highest BCUT2D eigenvalue weighted by Crippen LogP contribution is 2.38. The van der Waals surface area contributed by atoms with E-state index in [0.29, 0.717) is 56.1 Å². The number of ether oxygens (including phenoxy) is 3. The molecular weight excluding hydrogens is 559 g/mol. The Labute approximate surface area is 239 Å². The van der Waals surface area contributed by atoms with Crippen molar-refractivity contribution >= 4 is 63.0 Å². The van der Waals surface area contributed by atoms with Crippen molar-refractivity contribution in [3.05, 3.63) is 93.5 Å². The number of rotatable bonds is 9. The summed E-state index contributed by atoms with van der Waals surface area (Å²) in [4.78, 5) is 17.0. The molecule has 2 aliphatic heterocycles. The summed E-state index contributed by atoms with van der Waals surface area (Å²) in [7, 11) is 0. The number of thioether (sulfide) groups is 1. The average molecular weight is 581 g/mol. The van der Waals surface area contributed by atoms with E-state index in [1.165, 1.54) is 22.8 Å². The van der Waals surface area contributed by atoms with E-state index < -0.39 is 5.91 Å². The molecule has 0 saturated carbocycles. The molecule has 0 unspecified atom stereocenters. The van der Waals surface area contributed by atoms with Crippen molar-refractivity contribution in [2.24, 2.45) is 10.1 Å². The predicted octanol–water partition coefficient (Wildman–Crippen LogP) is 6.52. The van der Waals surface area contributed by atoms with Gasteiger partial charge in [0.25, 0.3) is 5.91 Å². The summed E-state index contributed by atoms with van der Waals surface area (Å²) in [5, 5.41) is 16.1. The Balaban J connectivity index is 1.36. The molecule has 8 nitrogen and oxygen atoms in total. The van der Waals surface area contributed by atoms with Gasteiger partial charge in [-0.2, -0.15) is 15.1 Å². The number of benzene rings is 3. The first kappa shape index (κ1) is 26.8. The third-order valence-electron chi connectivity index (χ3n) is 5.54. The van der Waals surface area contributed by atoms with Crippen LogP contribution in [0.1, 0.15) is 18.1 Å². The van der Waals surface area contributed by atoms with Crippen molar-refractivity contribution < 1.29 is 19.0 Å². The van der Waals surface area contributed by atoms with Gasteiger partial charge in [0.2, 0.25) is 5.17 Å². The smallest absolute Gasteiger partial charge is 0.283 e. The molecule has 0 atom stereocenters. The van der Waals surface area contributed by atoms with E-state index in [-0.39, 0.29) is 18.0 Å². The first-order valence-corrected chi connectivity index (χ1v) is 13.5. The number of carbonyl (C=O) groups is 1. The van der Waals surface area contributed by atoms with E-state index in [0.717, 1.165) is 5.75 Å². The first-order chi connectivity index (χ1) is 18.9. The molecule has 0 bridgehead atoms. The maximum atomic E-state index is 12.9. The second-order valence-corrected chi connectivity index (χ2v) is 9.95. The Morgan fingerprint density at radius 3 is 2.49 bits per heavy atom. The molecule has 0 spiro atoms. The van der Waals surface area contributed by atoms with E-state index >= 15 is 0 Å². The second-order valence-electron chi connectivity index (χ2n) is 8.18. The number of para-hydroxylation sites is 1. The van der Waals surface area contributed by atoms with Crippen LogP contribution in [-0.4, -0.2) is 46.8 Å². The molecule has 2 aliphatic rings. The lowest BCUT2D eigenvalue weighted by molar-refractivity contribution is -0.114. The van der Waals surface area contributed by atoms with Crippen LogP contribution in [0.25, 0.3) is 6.08 Å². The van der Waals surface area contributed by atoms with Crippen molar-refractivity contribution in [2.75, 3.05) is 19.8 Å². The van der Waals surface area contributed by atoms with Gasteiger partial charge >= 0.3 is 0 Å². The number of hydrogen-bond acceptors (Lipinski definition) is 7. The third-order valence-corrected chi connectivity index (χ3v) is 7.10. The minimum Gasteiger partial charge on any atom is -0.490 e. The number of halogens is 2. The van der Waals surface area contributed by atoms with Gasteiger partial charge in [0.15, 0.2) is 17.3 Å². The number of amides is 1. The molecule has 3 aromatic rings. The quantitative estimate of drug-likeness (QED) is 0.228. The fourth-order valence-corrected chi connectivity index (χ4v) is 5.28. The Kier molecular flexibility index (Phi) is 8.21. The van der Waals surface area contributed by atoms with Crippen LogP contribution in [0, 0.1) is 5.41 Å². The molecular formula is C28H22Cl2N4O4S. The maximum Gasteiger partial charge on any atom is 0.283 e. The molecule has 39 heavy (non-hydrogen) atoms. The predicted molar refractivity (Wildman–Crippen MR) is 156 cm³/mol. The molecule has 5 rings (SSSR count). The van der Waals surface area contributed by atoms with Crippen LogP contribution >= 0.6 is 35.0 Å². The highest BCUT2D eigenvalue weighted by Gasteiger charge is 2.36. The number of amidine groups is 2. The van der Waals surface area contributed by atoms with Crippen molar-refractivity contribution in [3.8, 4) is 17.2 Å². The van der Waals surface area contributed by atoms with Crippen LogP contribution < -0.4 is 14.2 Å². The molecule has 2 heterocycles. The van der Waals surface area contributed by atoms with Crippen molar-refractivity contribution in [3.63, 3.8) is 0 Å². The summed E-state index contributed by atoms with van der Waals surface area (Å²) in [6.45, 7) is 2.78. The summed E-state index contributed by atoms with van der Waals surface area (Å²) in [6.07, 6.45) is 1.54. The van der Waals surface area contributed by atoms with Crippen LogP contribution in [0.2, 0.25) is 10.0 Å². The normalized spacial score (nSPS) is 15.7. The molecule has 0 aliphatic carbocycles. The van der Waals surface area contributed by atoms with Crippen molar-refractivity contribution in [1.29, 1.82) is 5.41 Å². The Morgan fingerprint density at radius 2 is 1.72 bits per heavy atom. The molecule has 1 N–H and O–H groups in total. The molecule has 11 heteroatoms. The minimum absolute atomic E-state index is 0.0620. The summed E-state index contributed by atoms with van der Waals surface area (Å²) < 4.78 is 17.3. The van der Waals surface area contributed by atoms with E-state index in [1.807, 2.05) is 55.5 Å². The number of nitrogens with zero attached hydrogens (tertiary/aromatic N) is 3. The van der Waals surface area contributed by atoms with Gasteiger partial charge in [0.05, 0.1) is 22.2 Å². The Morgan fingerprint density at radius 1 is 0.974 bits per heavy atom. The minimum atomic E-state index is -0.554. The van der Waals surface area contributed by atoms with E-state index in [4.69, 9.17) is 42.8 Å². The Bertz CT molecular complexity index is 1530. The van der Waals surface area contributed by atoms with Gasteiger partial charge < -0.3 is 14.2 Å². The summed E-state index contributed by atoms with van der Waals surface area (Å²) in [6, 6.07) is 20.0. The molecule has 198 valence electrons. The van der Waals surface area contributed by atoms with Gasteiger partial charge in [-0.15, -0.1) is 0 Å². The molecule has 0 fully saturated rings. The average Bonchev–Trinajstić information content (AvgIpc) is 3.35. The van der Waals surface area contributed by atoms with E-state index in [2.05, 4.69) is 10.1 Å². The first-order valence-electron chi connectivity index (χ1n) is 12.0. The van der Waals surface area contributed by atoms with Crippen LogP contribution in [0.4, 0.5) is 0 Å². The number of nitrogens with one attached hydrogen (secondary N) is 1. The highest BCUT2D eigenvalue weighted by atomic mass is 35.5. The molecule has 1 amide bonds. The lowest BCUT2D eigenvalue weighted by Gasteiger charge is -2.20. The number of aliphatic imine (C=N–C) groups is 1. The molecule has 3 aromatic carbocycles. The topological polar surface area (TPSA) is 96.6 Å². The van der Waals surface area contributed by atoms with E-state index in [9.17, 15) is 4.79 Å². The highest BCUT2D eigenvalue weighted by molar-refractivity contribution is 8.27. The van der Waals surface area contributed by atoms with Gasteiger partial charge in [-0.1, -0.05) is 59.6 Å². The fraction of sp³-hybridized carbons (Fsp3) is 0.143. The fourth-order valence-electron chi connectivity index (χ4n) is 3.80. The van der Waals surface area contributed by atoms with Gasteiger partial charge in [-0.25, -0.2) is 0 Å². The van der Waals surface area contributed by atoms with Crippen molar-refractivity contribution in [1.82, 2.24) is 5.01 Å².